The number of benzene rings is 2. The van der Waals surface area contributed by atoms with Crippen molar-refractivity contribution >= 4 is 22.7 Å². The van der Waals surface area contributed by atoms with Crippen LogP contribution in [0.5, 0.6) is 11.5 Å². The highest BCUT2D eigenvalue weighted by atomic mass is 32.1. The smallest absolute Gasteiger partial charge is 0.203 e. The van der Waals surface area contributed by atoms with E-state index in [9.17, 15) is 0 Å². The van der Waals surface area contributed by atoms with Gasteiger partial charge in [-0.15, -0.1) is 11.3 Å². The summed E-state index contributed by atoms with van der Waals surface area (Å²) in [6, 6.07) is 15.7. The van der Waals surface area contributed by atoms with Gasteiger partial charge in [0.2, 0.25) is 5.13 Å². The van der Waals surface area contributed by atoms with E-state index in [0.717, 1.165) is 39.9 Å². The molecule has 0 atom stereocenters. The molecule has 0 fully saturated rings. The second-order valence-corrected chi connectivity index (χ2v) is 6.38. The van der Waals surface area contributed by atoms with Crippen molar-refractivity contribution in [2.24, 2.45) is 5.10 Å². The summed E-state index contributed by atoms with van der Waals surface area (Å²) < 4.78 is 11.0. The molecule has 0 unspecified atom stereocenters. The van der Waals surface area contributed by atoms with Gasteiger partial charge in [0.25, 0.3) is 0 Å². The molecule has 0 amide bonds. The van der Waals surface area contributed by atoms with Crippen molar-refractivity contribution in [3.8, 4) is 22.8 Å². The molecule has 0 aliphatic carbocycles. The zero-order valence-corrected chi connectivity index (χ0v) is 15.6. The van der Waals surface area contributed by atoms with E-state index >= 15 is 0 Å². The number of anilines is 1. The van der Waals surface area contributed by atoms with Crippen LogP contribution in [0.15, 0.2) is 59.0 Å². The fourth-order valence-corrected chi connectivity index (χ4v) is 3.00. The van der Waals surface area contributed by atoms with Crippen molar-refractivity contribution in [3.63, 3.8) is 0 Å². The molecule has 2 aromatic carbocycles. The first kappa shape index (κ1) is 17.9. The molecule has 6 heteroatoms. The van der Waals surface area contributed by atoms with Crippen molar-refractivity contribution < 1.29 is 9.47 Å². The van der Waals surface area contributed by atoms with Crippen molar-refractivity contribution in [3.05, 3.63) is 59.5 Å². The Kier molecular flexibility index (Phi) is 6.22. The second-order valence-electron chi connectivity index (χ2n) is 5.53. The third-order valence-electron chi connectivity index (χ3n) is 3.61. The zero-order chi connectivity index (χ0) is 18.2. The molecule has 3 rings (SSSR count). The summed E-state index contributed by atoms with van der Waals surface area (Å²) >= 11 is 1.50. The van der Waals surface area contributed by atoms with Crippen LogP contribution in [0.1, 0.15) is 18.9 Å². The van der Waals surface area contributed by atoms with Crippen LogP contribution in [-0.2, 0) is 0 Å². The van der Waals surface area contributed by atoms with Gasteiger partial charge in [0, 0.05) is 16.5 Å². The van der Waals surface area contributed by atoms with Gasteiger partial charge in [-0.2, -0.15) is 5.10 Å². The molecule has 0 aliphatic rings. The Morgan fingerprint density at radius 1 is 1.19 bits per heavy atom. The number of thiazole rings is 1. The Hall–Kier alpha value is -2.86. The normalized spacial score (nSPS) is 10.8. The first-order valence-corrected chi connectivity index (χ1v) is 9.29. The number of methoxy groups -OCH3 is 1. The lowest BCUT2D eigenvalue weighted by molar-refractivity contribution is 0.317. The van der Waals surface area contributed by atoms with Gasteiger partial charge < -0.3 is 9.47 Å². The van der Waals surface area contributed by atoms with E-state index in [1.165, 1.54) is 11.3 Å². The average molecular weight is 367 g/mol. The van der Waals surface area contributed by atoms with Gasteiger partial charge in [0.1, 0.15) is 11.5 Å². The van der Waals surface area contributed by atoms with Crippen LogP contribution in [-0.4, -0.2) is 24.9 Å². The highest BCUT2D eigenvalue weighted by Crippen LogP contribution is 2.27. The Morgan fingerprint density at radius 2 is 2.08 bits per heavy atom. The van der Waals surface area contributed by atoms with Crippen LogP contribution in [0, 0.1) is 0 Å². The summed E-state index contributed by atoms with van der Waals surface area (Å²) in [6.07, 6.45) is 2.72. The maximum absolute atomic E-state index is 5.73. The standard InChI is InChI=1S/C20H21N3O2S/c1-3-11-25-19-10-5-4-7-16(19)13-21-23-20-22-18(14-26-20)15-8-6-9-17(12-15)24-2/h4-10,12-14H,3,11H2,1-2H3,(H,22,23)/b21-13-. The third-order valence-corrected chi connectivity index (χ3v) is 4.36. The van der Waals surface area contributed by atoms with E-state index in [-0.39, 0.29) is 0 Å². The van der Waals surface area contributed by atoms with Crippen LogP contribution in [0.4, 0.5) is 5.13 Å². The molecule has 0 saturated carbocycles. The van der Waals surface area contributed by atoms with Crippen LogP contribution in [0.2, 0.25) is 0 Å². The van der Waals surface area contributed by atoms with Crippen molar-refractivity contribution in [2.75, 3.05) is 19.1 Å². The molecule has 5 nitrogen and oxygen atoms in total. The number of hydrogen-bond donors (Lipinski definition) is 1. The van der Waals surface area contributed by atoms with E-state index in [1.807, 2.05) is 53.9 Å². The second kappa shape index (κ2) is 9.01. The van der Waals surface area contributed by atoms with Gasteiger partial charge in [-0.25, -0.2) is 4.98 Å². The lowest BCUT2D eigenvalue weighted by Crippen LogP contribution is -1.99. The molecule has 1 N–H and O–H groups in total. The molecule has 0 saturated heterocycles. The Morgan fingerprint density at radius 3 is 2.92 bits per heavy atom. The average Bonchev–Trinajstić information content (AvgIpc) is 3.16. The predicted octanol–water partition coefficient (Wildman–Crippen LogP) is 5.05. The number of hydrazone groups is 1. The summed E-state index contributed by atoms with van der Waals surface area (Å²) in [4.78, 5) is 4.57. The van der Waals surface area contributed by atoms with E-state index < -0.39 is 0 Å². The van der Waals surface area contributed by atoms with Crippen LogP contribution >= 0.6 is 11.3 Å². The van der Waals surface area contributed by atoms with Gasteiger partial charge in [-0.1, -0.05) is 31.2 Å². The minimum absolute atomic E-state index is 0.689. The first-order valence-electron chi connectivity index (χ1n) is 8.41. The van der Waals surface area contributed by atoms with Crippen LogP contribution < -0.4 is 14.9 Å². The molecule has 0 radical (unpaired) electrons. The number of para-hydroxylation sites is 1. The van der Waals surface area contributed by atoms with Crippen molar-refractivity contribution in [1.29, 1.82) is 0 Å². The molecular weight excluding hydrogens is 346 g/mol. The summed E-state index contributed by atoms with van der Waals surface area (Å²) in [5.41, 5.74) is 5.81. The summed E-state index contributed by atoms with van der Waals surface area (Å²) in [5.74, 6) is 1.64. The van der Waals surface area contributed by atoms with Gasteiger partial charge in [0.05, 0.1) is 25.6 Å². The van der Waals surface area contributed by atoms with Gasteiger partial charge >= 0.3 is 0 Å². The minimum atomic E-state index is 0.689. The monoisotopic (exact) mass is 367 g/mol. The highest BCUT2D eigenvalue weighted by Gasteiger charge is 2.05. The number of nitrogens with one attached hydrogen (secondary N) is 1. The van der Waals surface area contributed by atoms with E-state index in [2.05, 4.69) is 22.4 Å². The van der Waals surface area contributed by atoms with Crippen LogP contribution in [0.3, 0.4) is 0 Å². The summed E-state index contributed by atoms with van der Waals surface area (Å²) in [5, 5.41) is 7.01. The van der Waals surface area contributed by atoms with E-state index in [4.69, 9.17) is 9.47 Å². The van der Waals surface area contributed by atoms with Crippen molar-refractivity contribution in [2.45, 2.75) is 13.3 Å². The lowest BCUT2D eigenvalue weighted by Gasteiger charge is -2.07. The number of nitrogens with zero attached hydrogens (tertiary/aromatic N) is 2. The molecule has 0 spiro atoms. The molecule has 134 valence electrons. The Bertz CT molecular complexity index is 877. The Balaban J connectivity index is 1.67. The third kappa shape index (κ3) is 4.61. The van der Waals surface area contributed by atoms with Gasteiger partial charge in [0.15, 0.2) is 0 Å². The predicted molar refractivity (Wildman–Crippen MR) is 108 cm³/mol. The molecular formula is C20H21N3O2S. The number of ether oxygens (including phenoxy) is 2. The van der Waals surface area contributed by atoms with Gasteiger partial charge in [-0.3, -0.25) is 5.43 Å². The summed E-state index contributed by atoms with van der Waals surface area (Å²) in [7, 11) is 1.66. The van der Waals surface area contributed by atoms with Crippen molar-refractivity contribution in [1.82, 2.24) is 4.98 Å². The summed E-state index contributed by atoms with van der Waals surface area (Å²) in [6.45, 7) is 2.77. The minimum Gasteiger partial charge on any atom is -0.497 e. The van der Waals surface area contributed by atoms with E-state index in [0.29, 0.717) is 6.61 Å². The topological polar surface area (TPSA) is 55.7 Å². The first-order chi connectivity index (χ1) is 12.8. The fourth-order valence-electron chi connectivity index (χ4n) is 2.33. The molecule has 26 heavy (non-hydrogen) atoms. The number of hydrogen-bond acceptors (Lipinski definition) is 6. The number of rotatable bonds is 8. The maximum Gasteiger partial charge on any atom is 0.203 e. The lowest BCUT2D eigenvalue weighted by atomic mass is 10.2. The SMILES string of the molecule is CCCOc1ccccc1/C=N\Nc1nc(-c2cccc(OC)c2)cs1. The quantitative estimate of drug-likeness (QED) is 0.447. The van der Waals surface area contributed by atoms with E-state index in [1.54, 1.807) is 13.3 Å². The highest BCUT2D eigenvalue weighted by molar-refractivity contribution is 7.14. The molecule has 3 aromatic rings. The molecule has 0 bridgehead atoms. The fraction of sp³-hybridized carbons (Fsp3) is 0.200. The molecule has 0 aliphatic heterocycles. The Labute approximate surface area is 157 Å². The number of aromatic nitrogens is 1. The molecule has 1 heterocycles. The zero-order valence-electron chi connectivity index (χ0n) is 14.8. The maximum atomic E-state index is 5.73. The largest absolute Gasteiger partial charge is 0.497 e. The molecule has 1 aromatic heterocycles. The van der Waals surface area contributed by atoms with Crippen LogP contribution in [0.25, 0.3) is 11.3 Å². The van der Waals surface area contributed by atoms with Gasteiger partial charge in [-0.05, 0) is 30.7 Å².